The number of ether oxygens (including phenoxy) is 2. The van der Waals surface area contributed by atoms with Gasteiger partial charge < -0.3 is 33.0 Å². The molecule has 9 nitrogen and oxygen atoms in total. The van der Waals surface area contributed by atoms with Gasteiger partial charge in [0.25, 0.3) is 7.82 Å². The van der Waals surface area contributed by atoms with E-state index in [1.165, 1.54) is 70.6 Å². The van der Waals surface area contributed by atoms with Crippen LogP contribution in [0.3, 0.4) is 0 Å². The zero-order chi connectivity index (χ0) is 41.4. The van der Waals surface area contributed by atoms with E-state index in [1.807, 2.05) is 45.4 Å². The molecule has 10 heteroatoms. The number of esters is 1. The highest BCUT2D eigenvalue weighted by molar-refractivity contribution is 7.45. The van der Waals surface area contributed by atoms with Crippen LogP contribution in [0.1, 0.15) is 155 Å². The monoisotopic (exact) mass is 808 g/mol. The lowest BCUT2D eigenvalue weighted by Crippen LogP contribution is -2.37. The fourth-order valence-corrected chi connectivity index (χ4v) is 6.13. The van der Waals surface area contributed by atoms with E-state index in [2.05, 4.69) is 56.4 Å². The minimum absolute atomic E-state index is 0.00546. The number of phosphoric ester groups is 1. The topological polar surface area (TPSA) is 114 Å². The second-order valence-corrected chi connectivity index (χ2v) is 17.0. The number of allylic oxidation sites excluding steroid dienone is 10. The summed E-state index contributed by atoms with van der Waals surface area (Å²) in [5.74, 6) is -0.429. The molecule has 1 N–H and O–H groups in total. The van der Waals surface area contributed by atoms with Gasteiger partial charge in [0, 0.05) is 6.42 Å². The minimum atomic E-state index is -4.57. The summed E-state index contributed by atoms with van der Waals surface area (Å²) >= 11 is 0. The van der Waals surface area contributed by atoms with Crippen LogP contribution in [0, 0.1) is 0 Å². The van der Waals surface area contributed by atoms with E-state index in [9.17, 15) is 19.4 Å². The average molecular weight is 808 g/mol. The van der Waals surface area contributed by atoms with E-state index in [1.54, 1.807) is 6.26 Å². The van der Waals surface area contributed by atoms with Crippen molar-refractivity contribution >= 4 is 13.8 Å². The number of carbonyl (C=O) groups is 1. The van der Waals surface area contributed by atoms with Gasteiger partial charge in [-0.1, -0.05) is 132 Å². The predicted molar refractivity (Wildman–Crippen MR) is 232 cm³/mol. The third kappa shape index (κ3) is 41.4. The Labute approximate surface area is 343 Å². The van der Waals surface area contributed by atoms with E-state index in [-0.39, 0.29) is 32.3 Å². The van der Waals surface area contributed by atoms with Crippen molar-refractivity contribution < 1.29 is 42.4 Å². The maximum Gasteiger partial charge on any atom is 0.306 e. The molecule has 0 aromatic carbocycles. The lowest BCUT2D eigenvalue weighted by molar-refractivity contribution is -0.870. The number of aliphatic hydroxyl groups excluding tert-OH is 1. The normalized spacial score (nSPS) is 15.0. The van der Waals surface area contributed by atoms with Crippen molar-refractivity contribution in [2.24, 2.45) is 0 Å². The first-order valence-electron chi connectivity index (χ1n) is 21.8. The lowest BCUT2D eigenvalue weighted by Gasteiger charge is -2.28. The van der Waals surface area contributed by atoms with Crippen LogP contribution in [0.2, 0.25) is 0 Å². The summed E-state index contributed by atoms with van der Waals surface area (Å²) in [4.78, 5) is 25.0. The lowest BCUT2D eigenvalue weighted by atomic mass is 10.1. The molecule has 0 aliphatic carbocycles. The number of hydrogen-bond donors (Lipinski definition) is 1. The van der Waals surface area contributed by atoms with E-state index >= 15 is 0 Å². The Hall–Kier alpha value is -2.26. The van der Waals surface area contributed by atoms with Crippen LogP contribution in [0.4, 0.5) is 0 Å². The molecule has 3 atom stereocenters. The second-order valence-electron chi connectivity index (χ2n) is 15.6. The van der Waals surface area contributed by atoms with Crippen LogP contribution < -0.4 is 4.89 Å². The number of aliphatic hydroxyl groups is 1. The quantitative estimate of drug-likeness (QED) is 0.0163. The molecule has 0 saturated carbocycles. The first kappa shape index (κ1) is 53.7. The first-order valence-corrected chi connectivity index (χ1v) is 23.3. The number of nitrogens with zero attached hydrogens (tertiary/aromatic N) is 1. The van der Waals surface area contributed by atoms with Crippen molar-refractivity contribution in [1.29, 1.82) is 0 Å². The van der Waals surface area contributed by atoms with Crippen molar-refractivity contribution in [2.75, 3.05) is 47.5 Å². The summed E-state index contributed by atoms with van der Waals surface area (Å²) in [7, 11) is 1.25. The fraction of sp³-hybridized carbons (Fsp3) is 0.717. The highest BCUT2D eigenvalue weighted by Gasteiger charge is 2.20. The Morgan fingerprint density at radius 1 is 0.661 bits per heavy atom. The zero-order valence-electron chi connectivity index (χ0n) is 36.2. The van der Waals surface area contributed by atoms with Crippen LogP contribution in [0.25, 0.3) is 0 Å². The van der Waals surface area contributed by atoms with Gasteiger partial charge in [-0.3, -0.25) is 9.36 Å². The van der Waals surface area contributed by atoms with Gasteiger partial charge in [0.15, 0.2) is 6.10 Å². The van der Waals surface area contributed by atoms with Crippen LogP contribution in [-0.2, 0) is 27.9 Å². The summed E-state index contributed by atoms with van der Waals surface area (Å²) in [6.07, 6.45) is 46.3. The highest BCUT2D eigenvalue weighted by atomic mass is 31.2. The molecule has 0 amide bonds. The molecule has 0 aliphatic heterocycles. The summed E-state index contributed by atoms with van der Waals surface area (Å²) in [5.41, 5.74) is 0. The van der Waals surface area contributed by atoms with Crippen LogP contribution in [0.15, 0.2) is 73.1 Å². The van der Waals surface area contributed by atoms with E-state index in [0.29, 0.717) is 17.4 Å². The molecular formula is C46H82NO8P. The van der Waals surface area contributed by atoms with E-state index in [0.717, 1.165) is 57.8 Å². The number of rotatable bonds is 39. The molecular weight excluding hydrogens is 725 g/mol. The van der Waals surface area contributed by atoms with Gasteiger partial charge >= 0.3 is 5.97 Å². The van der Waals surface area contributed by atoms with Gasteiger partial charge in [-0.05, 0) is 83.1 Å². The van der Waals surface area contributed by atoms with Crippen molar-refractivity contribution in [3.8, 4) is 0 Å². The summed E-state index contributed by atoms with van der Waals surface area (Å²) in [6, 6.07) is 0. The molecule has 0 aliphatic rings. The maximum atomic E-state index is 12.6. The number of phosphoric acid groups is 1. The largest absolute Gasteiger partial charge is 0.756 e. The number of hydrogen-bond acceptors (Lipinski definition) is 8. The van der Waals surface area contributed by atoms with E-state index < -0.39 is 19.9 Å². The van der Waals surface area contributed by atoms with Gasteiger partial charge in [0.2, 0.25) is 0 Å². The van der Waals surface area contributed by atoms with Crippen LogP contribution >= 0.6 is 7.82 Å². The van der Waals surface area contributed by atoms with Gasteiger partial charge in [-0.15, -0.1) is 0 Å². The Balaban J connectivity index is 4.45. The van der Waals surface area contributed by atoms with Crippen molar-refractivity contribution in [2.45, 2.75) is 167 Å². The molecule has 0 rings (SSSR count). The fourth-order valence-electron chi connectivity index (χ4n) is 5.40. The summed E-state index contributed by atoms with van der Waals surface area (Å²) < 4.78 is 34.2. The Morgan fingerprint density at radius 3 is 1.79 bits per heavy atom. The molecule has 0 aromatic heterocycles. The summed E-state index contributed by atoms with van der Waals surface area (Å²) in [6.45, 7) is 4.46. The predicted octanol–water partition coefficient (Wildman–Crippen LogP) is 11.4. The van der Waals surface area contributed by atoms with Crippen molar-refractivity contribution in [3.05, 3.63) is 73.1 Å². The highest BCUT2D eigenvalue weighted by Crippen LogP contribution is 2.38. The Morgan fingerprint density at radius 2 is 1.18 bits per heavy atom. The van der Waals surface area contributed by atoms with Crippen molar-refractivity contribution in [3.63, 3.8) is 0 Å². The SMILES string of the molecule is CCCCCC/C=C\CCCCCCCC/C=C/OC[C@H](COP(=O)([O-])OCC[N+](C)(C)C)OC(=O)CCC/C=C\C/C=C\C/C=C\C/C=C\[C@H](O)CCCC. The number of carbonyl (C=O) groups excluding carboxylic acids is 1. The van der Waals surface area contributed by atoms with Gasteiger partial charge in [0.1, 0.15) is 19.8 Å². The number of unbranched alkanes of at least 4 members (excludes halogenated alkanes) is 13. The minimum Gasteiger partial charge on any atom is -0.756 e. The van der Waals surface area contributed by atoms with Crippen LogP contribution in [0.5, 0.6) is 0 Å². The maximum absolute atomic E-state index is 12.6. The number of likely N-dealkylation sites (N-methyl/N-ethyl adjacent to an activating group) is 1. The molecule has 0 bridgehead atoms. The molecule has 0 saturated heterocycles. The molecule has 1 unspecified atom stereocenters. The average Bonchev–Trinajstić information content (AvgIpc) is 3.15. The van der Waals surface area contributed by atoms with Gasteiger partial charge in [-0.2, -0.15) is 0 Å². The molecule has 0 spiro atoms. The van der Waals surface area contributed by atoms with E-state index in [4.69, 9.17) is 18.5 Å². The molecule has 0 fully saturated rings. The Kier molecular flexibility index (Phi) is 36.7. The molecule has 0 radical (unpaired) electrons. The molecule has 324 valence electrons. The second kappa shape index (κ2) is 38.3. The van der Waals surface area contributed by atoms with Crippen molar-refractivity contribution in [1.82, 2.24) is 0 Å². The molecule has 56 heavy (non-hydrogen) atoms. The molecule has 0 heterocycles. The number of quaternary nitrogens is 1. The zero-order valence-corrected chi connectivity index (χ0v) is 37.1. The smallest absolute Gasteiger partial charge is 0.306 e. The molecule has 0 aromatic rings. The third-order valence-electron chi connectivity index (χ3n) is 8.87. The Bertz CT molecular complexity index is 1140. The van der Waals surface area contributed by atoms with Gasteiger partial charge in [-0.25, -0.2) is 0 Å². The third-order valence-corrected chi connectivity index (χ3v) is 9.83. The standard InChI is InChI=1S/C46H82NO8P/c1-6-8-10-11-12-13-14-15-16-17-20-23-26-29-32-35-40-52-42-45(43-54-56(50,51)53-41-39-47(3,4)5)55-46(49)38-34-31-28-25-22-19-18-21-24-27-30-33-37-44(48)36-9-7-2/h13-14,18-19,24-25,27-28,33,35,37,40,44-45,48H,6-12,15-17,20-23,26,29-32,34,36,38-39,41-43H2,1-5H3/b14-13-,19-18-,27-24-,28-25-,37-33-,40-35+/t44-,45-/m1/s1. The van der Waals surface area contributed by atoms with Crippen LogP contribution in [-0.4, -0.2) is 75.3 Å². The first-order chi connectivity index (χ1) is 27.0. The van der Waals surface area contributed by atoms with Gasteiger partial charge in [0.05, 0.1) is 40.1 Å². The summed E-state index contributed by atoms with van der Waals surface area (Å²) in [5, 5.41) is 9.82.